The van der Waals surface area contributed by atoms with Crippen LogP contribution in [0.3, 0.4) is 0 Å². The monoisotopic (exact) mass is 594 g/mol. The maximum absolute atomic E-state index is 11.8. The van der Waals surface area contributed by atoms with Crippen LogP contribution in [-0.2, 0) is 16.2 Å². The fraction of sp³-hybridized carbons (Fsp3) is 0.150. The Morgan fingerprint density at radius 3 is 2.55 bits per heavy atom. The van der Waals surface area contributed by atoms with Crippen molar-refractivity contribution in [2.45, 2.75) is 13.5 Å². The van der Waals surface area contributed by atoms with Crippen molar-refractivity contribution in [2.75, 3.05) is 7.11 Å². The molecule has 164 valence electrons. The van der Waals surface area contributed by atoms with Gasteiger partial charge in [-0.15, -0.1) is 0 Å². The van der Waals surface area contributed by atoms with E-state index in [0.717, 1.165) is 33.4 Å². The number of amidine groups is 1. The molecule has 0 fully saturated rings. The second-order valence-electron chi connectivity index (χ2n) is 5.94. The fourth-order valence-corrected chi connectivity index (χ4v) is 4.25. The van der Waals surface area contributed by atoms with Crippen molar-refractivity contribution in [3.8, 4) is 11.5 Å². The Bertz CT molecular complexity index is 1070. The third-order valence-corrected chi connectivity index (χ3v) is 5.77. The van der Waals surface area contributed by atoms with E-state index in [-0.39, 0.29) is 17.7 Å². The molecule has 0 aliphatic carbocycles. The summed E-state index contributed by atoms with van der Waals surface area (Å²) in [5.41, 5.74) is 7.18. The van der Waals surface area contributed by atoms with Gasteiger partial charge in [0.15, 0.2) is 16.7 Å². The van der Waals surface area contributed by atoms with Gasteiger partial charge in [-0.05, 0) is 70.3 Å². The van der Waals surface area contributed by atoms with Crippen LogP contribution in [0.2, 0.25) is 10.0 Å². The number of methoxy groups -OCH3 is 1. The smallest absolute Gasteiger partial charge is 0.300 e. The summed E-state index contributed by atoms with van der Waals surface area (Å²) in [6, 6.07) is 8.92. The van der Waals surface area contributed by atoms with Crippen molar-refractivity contribution >= 4 is 80.7 Å². The predicted octanol–water partition coefficient (Wildman–Crippen LogP) is 5.21. The van der Waals surface area contributed by atoms with Crippen molar-refractivity contribution in [1.29, 1.82) is 0 Å². The molecular weight excluding hydrogens is 578 g/mol. The number of nitrogens with zero attached hydrogens (tertiary/aromatic N) is 1. The minimum absolute atomic E-state index is 0.243. The molecule has 0 atom stereocenters. The molecule has 0 bridgehead atoms. The highest BCUT2D eigenvalue weighted by Gasteiger charge is 2.20. The van der Waals surface area contributed by atoms with E-state index in [1.165, 1.54) is 0 Å². The van der Waals surface area contributed by atoms with Gasteiger partial charge in [0.05, 0.1) is 15.6 Å². The van der Waals surface area contributed by atoms with Gasteiger partial charge in [0, 0.05) is 22.5 Å². The number of carboxylic acid groups (broad SMARTS) is 1. The third-order valence-electron chi connectivity index (χ3n) is 3.57. The highest BCUT2D eigenvalue weighted by molar-refractivity contribution is 14.1. The lowest BCUT2D eigenvalue weighted by atomic mass is 10.2. The van der Waals surface area contributed by atoms with E-state index in [4.69, 9.17) is 48.3 Å². The van der Waals surface area contributed by atoms with Gasteiger partial charge in [0.25, 0.3) is 11.9 Å². The number of rotatable bonds is 5. The summed E-state index contributed by atoms with van der Waals surface area (Å²) in [6.45, 7) is 1.35. The molecule has 0 unspecified atom stereocenters. The van der Waals surface area contributed by atoms with Crippen molar-refractivity contribution in [3.05, 3.63) is 60.0 Å². The van der Waals surface area contributed by atoms with Gasteiger partial charge in [-0.1, -0.05) is 29.3 Å². The summed E-state index contributed by atoms with van der Waals surface area (Å²) in [4.78, 5) is 24.9. The third kappa shape index (κ3) is 7.60. The number of carbonyl (C=O) groups excluding carboxylic acids is 1. The first-order valence-corrected chi connectivity index (χ1v) is 11.2. The molecular formula is C20H17Cl2IN2O5S. The average Bonchev–Trinajstić information content (AvgIpc) is 2.98. The fourth-order valence-electron chi connectivity index (χ4n) is 2.33. The molecule has 0 aromatic heterocycles. The summed E-state index contributed by atoms with van der Waals surface area (Å²) in [5, 5.41) is 8.76. The van der Waals surface area contributed by atoms with Crippen molar-refractivity contribution < 1.29 is 24.2 Å². The van der Waals surface area contributed by atoms with Gasteiger partial charge in [-0.2, -0.15) is 4.99 Å². The molecule has 1 amide bonds. The zero-order chi connectivity index (χ0) is 23.1. The zero-order valence-electron chi connectivity index (χ0n) is 16.3. The van der Waals surface area contributed by atoms with Gasteiger partial charge in [-0.3, -0.25) is 9.59 Å². The standard InChI is InChI=1S/C18H13Cl2IN2O3S.C2H4O2/c1-25-14-5-9(6-15-17(24)23-18(22)27-15)4-13(21)16(14)26-8-10-2-3-11(19)7-12(10)20;1-2(3)4/h2-7H,8H2,1H3,(H2,22,23,24);1H3,(H,3,4)/b15-6-;. The SMILES string of the molecule is CC(=O)O.COc1cc(/C=C2\SC(N)=NC2=O)cc(I)c1OCc1ccc(Cl)cc1Cl. The van der Waals surface area contributed by atoms with Gasteiger partial charge in [0.1, 0.15) is 6.61 Å². The summed E-state index contributed by atoms with van der Waals surface area (Å²) in [5.74, 6) is -0.0419. The lowest BCUT2D eigenvalue weighted by Gasteiger charge is -2.14. The first-order valence-electron chi connectivity index (χ1n) is 8.52. The van der Waals surface area contributed by atoms with Crippen LogP contribution in [0.5, 0.6) is 11.5 Å². The van der Waals surface area contributed by atoms with Crippen LogP contribution in [0.1, 0.15) is 18.1 Å². The Hall–Kier alpha value is -1.95. The molecule has 7 nitrogen and oxygen atoms in total. The lowest BCUT2D eigenvalue weighted by Crippen LogP contribution is -2.01. The van der Waals surface area contributed by atoms with Crippen molar-refractivity contribution in [3.63, 3.8) is 0 Å². The van der Waals surface area contributed by atoms with Crippen LogP contribution in [0.4, 0.5) is 0 Å². The van der Waals surface area contributed by atoms with E-state index < -0.39 is 5.97 Å². The van der Waals surface area contributed by atoms with Crippen LogP contribution < -0.4 is 15.2 Å². The topological polar surface area (TPSA) is 111 Å². The average molecular weight is 595 g/mol. The van der Waals surface area contributed by atoms with E-state index in [9.17, 15) is 4.79 Å². The number of aliphatic carboxylic acids is 1. The molecule has 0 radical (unpaired) electrons. The van der Waals surface area contributed by atoms with Crippen molar-refractivity contribution in [1.82, 2.24) is 0 Å². The maximum Gasteiger partial charge on any atom is 0.300 e. The number of carboxylic acids is 1. The summed E-state index contributed by atoms with van der Waals surface area (Å²) in [7, 11) is 1.56. The molecule has 2 aromatic carbocycles. The van der Waals surface area contributed by atoms with E-state index >= 15 is 0 Å². The highest BCUT2D eigenvalue weighted by Crippen LogP contribution is 2.37. The minimum atomic E-state index is -0.833. The van der Waals surface area contributed by atoms with Gasteiger partial charge < -0.3 is 20.3 Å². The molecule has 2 aromatic rings. The second-order valence-corrected chi connectivity index (χ2v) is 9.01. The van der Waals surface area contributed by atoms with E-state index in [0.29, 0.717) is 26.4 Å². The molecule has 1 aliphatic rings. The van der Waals surface area contributed by atoms with Gasteiger partial charge in [-0.25, -0.2) is 0 Å². The predicted molar refractivity (Wildman–Crippen MR) is 132 cm³/mol. The van der Waals surface area contributed by atoms with Crippen LogP contribution in [0.25, 0.3) is 6.08 Å². The summed E-state index contributed by atoms with van der Waals surface area (Å²) < 4.78 is 12.2. The number of amides is 1. The Kier molecular flexibility index (Phi) is 9.48. The first-order chi connectivity index (χ1) is 14.6. The number of benzene rings is 2. The molecule has 1 aliphatic heterocycles. The number of hydrogen-bond acceptors (Lipinski definition) is 6. The molecule has 1 heterocycles. The second kappa shape index (κ2) is 11.6. The van der Waals surface area contributed by atoms with Crippen LogP contribution in [-0.4, -0.2) is 29.3 Å². The number of nitrogens with two attached hydrogens (primary N) is 1. The Balaban J connectivity index is 0.000000785. The van der Waals surface area contributed by atoms with Crippen LogP contribution >= 0.6 is 57.6 Å². The number of ether oxygens (including phenoxy) is 2. The van der Waals surface area contributed by atoms with Gasteiger partial charge >= 0.3 is 0 Å². The zero-order valence-corrected chi connectivity index (χ0v) is 20.8. The summed E-state index contributed by atoms with van der Waals surface area (Å²) >= 11 is 15.4. The minimum Gasteiger partial charge on any atom is -0.493 e. The van der Waals surface area contributed by atoms with E-state index in [1.54, 1.807) is 31.4 Å². The number of aliphatic imine (C=N–C) groups is 1. The quantitative estimate of drug-likeness (QED) is 0.361. The van der Waals surface area contributed by atoms with E-state index in [2.05, 4.69) is 27.6 Å². The lowest BCUT2D eigenvalue weighted by molar-refractivity contribution is -0.134. The van der Waals surface area contributed by atoms with Crippen molar-refractivity contribution in [2.24, 2.45) is 10.7 Å². The molecule has 11 heteroatoms. The molecule has 31 heavy (non-hydrogen) atoms. The summed E-state index contributed by atoms with van der Waals surface area (Å²) in [6.07, 6.45) is 1.72. The highest BCUT2D eigenvalue weighted by atomic mass is 127. The first kappa shape index (κ1) is 25.3. The molecule has 0 saturated carbocycles. The van der Waals surface area contributed by atoms with E-state index in [1.807, 2.05) is 12.1 Å². The number of halogens is 3. The number of carbonyl (C=O) groups is 2. The molecule has 0 saturated heterocycles. The Morgan fingerprint density at radius 2 is 2.00 bits per heavy atom. The Morgan fingerprint density at radius 1 is 1.32 bits per heavy atom. The molecule has 3 rings (SSSR count). The normalized spacial score (nSPS) is 14.0. The molecule has 3 N–H and O–H groups in total. The Labute approximate surface area is 206 Å². The number of hydrogen-bond donors (Lipinski definition) is 2. The number of thioether (sulfide) groups is 1. The van der Waals surface area contributed by atoms with Crippen LogP contribution in [0, 0.1) is 3.57 Å². The largest absolute Gasteiger partial charge is 0.493 e. The van der Waals surface area contributed by atoms with Crippen LogP contribution in [0.15, 0.2) is 40.2 Å². The maximum atomic E-state index is 11.8. The van der Waals surface area contributed by atoms with Gasteiger partial charge in [0.2, 0.25) is 0 Å². The molecule has 0 spiro atoms.